The van der Waals surface area contributed by atoms with E-state index in [0.29, 0.717) is 42.2 Å². The number of rotatable bonds is 7. The first kappa shape index (κ1) is 20.3. The van der Waals surface area contributed by atoms with Crippen molar-refractivity contribution >= 4 is 23.2 Å². The predicted molar refractivity (Wildman–Crippen MR) is 109 cm³/mol. The van der Waals surface area contributed by atoms with Crippen molar-refractivity contribution in [2.24, 2.45) is 11.1 Å². The molecule has 1 aliphatic rings. The molecule has 0 spiro atoms. The highest BCUT2D eigenvalue weighted by atomic mass is 35.5. The van der Waals surface area contributed by atoms with Gasteiger partial charge in [-0.15, -0.1) is 0 Å². The van der Waals surface area contributed by atoms with Crippen molar-refractivity contribution in [1.82, 2.24) is 4.90 Å². The molecule has 2 aromatic rings. The molecule has 0 bridgehead atoms. The summed E-state index contributed by atoms with van der Waals surface area (Å²) in [5.41, 5.74) is 2.29. The molecule has 1 aliphatic heterocycles. The van der Waals surface area contributed by atoms with Crippen LogP contribution in [0.3, 0.4) is 0 Å². The van der Waals surface area contributed by atoms with Crippen LogP contribution in [0.4, 0.5) is 4.39 Å². The zero-order valence-electron chi connectivity index (χ0n) is 16.1. The molecule has 0 N–H and O–H groups in total. The molecule has 3 rings (SSSR count). The van der Waals surface area contributed by atoms with Crippen LogP contribution < -0.4 is 0 Å². The van der Waals surface area contributed by atoms with E-state index in [9.17, 15) is 9.18 Å². The maximum Gasteiger partial charge on any atom is 0.223 e. The Morgan fingerprint density at radius 2 is 2.07 bits per heavy atom. The summed E-state index contributed by atoms with van der Waals surface area (Å²) in [4.78, 5) is 20.1. The minimum atomic E-state index is -0.309. The fraction of sp³-hybridized carbons (Fsp3) is 0.364. The van der Waals surface area contributed by atoms with Crippen LogP contribution >= 0.6 is 11.6 Å². The Kier molecular flexibility index (Phi) is 6.68. The lowest BCUT2D eigenvalue weighted by molar-refractivity contribution is -0.134. The molecular weight excluding hydrogens is 379 g/mol. The van der Waals surface area contributed by atoms with E-state index in [2.05, 4.69) is 5.16 Å². The summed E-state index contributed by atoms with van der Waals surface area (Å²) >= 11 is 6.29. The average Bonchev–Trinajstić information content (AvgIpc) is 3.11. The Morgan fingerprint density at radius 1 is 1.29 bits per heavy atom. The van der Waals surface area contributed by atoms with Gasteiger partial charge < -0.3 is 9.74 Å². The molecule has 6 heteroatoms. The molecule has 1 amide bonds. The van der Waals surface area contributed by atoms with Gasteiger partial charge in [0.1, 0.15) is 5.82 Å². The SMILES string of the molecule is CC(C)CC(=O)N(Cc1ccccc1Cl)C[C@@H]1CC(c2cccc(F)c2)=NO1. The first-order valence-corrected chi connectivity index (χ1v) is 9.80. The van der Waals surface area contributed by atoms with E-state index in [4.69, 9.17) is 16.4 Å². The molecule has 0 saturated carbocycles. The molecule has 0 unspecified atom stereocenters. The first-order chi connectivity index (χ1) is 13.4. The predicted octanol–water partition coefficient (Wildman–Crippen LogP) is 5.05. The highest BCUT2D eigenvalue weighted by Crippen LogP contribution is 2.22. The van der Waals surface area contributed by atoms with Crippen LogP contribution in [0, 0.1) is 11.7 Å². The van der Waals surface area contributed by atoms with Crippen molar-refractivity contribution in [2.45, 2.75) is 39.3 Å². The van der Waals surface area contributed by atoms with Gasteiger partial charge in [-0.1, -0.05) is 60.9 Å². The van der Waals surface area contributed by atoms with Crippen molar-refractivity contribution in [3.63, 3.8) is 0 Å². The molecule has 0 radical (unpaired) electrons. The fourth-order valence-corrected chi connectivity index (χ4v) is 3.37. The lowest BCUT2D eigenvalue weighted by Crippen LogP contribution is -2.37. The minimum Gasteiger partial charge on any atom is -0.390 e. The van der Waals surface area contributed by atoms with Crippen molar-refractivity contribution in [1.29, 1.82) is 0 Å². The number of hydrogen-bond acceptors (Lipinski definition) is 3. The number of amides is 1. The maximum absolute atomic E-state index is 13.5. The molecule has 0 saturated heterocycles. The van der Waals surface area contributed by atoms with Gasteiger partial charge in [0.05, 0.1) is 12.3 Å². The molecular formula is C22H24ClFN2O2. The zero-order chi connectivity index (χ0) is 20.1. The van der Waals surface area contributed by atoms with Gasteiger partial charge in [-0.3, -0.25) is 4.79 Å². The number of nitrogens with zero attached hydrogens (tertiary/aromatic N) is 2. The van der Waals surface area contributed by atoms with Gasteiger partial charge in [0.15, 0.2) is 6.10 Å². The van der Waals surface area contributed by atoms with Crippen LogP contribution in [0.2, 0.25) is 5.02 Å². The number of carbonyl (C=O) groups is 1. The summed E-state index contributed by atoms with van der Waals surface area (Å²) in [5.74, 6) is -0.00122. The van der Waals surface area contributed by atoms with Crippen molar-refractivity contribution < 1.29 is 14.0 Å². The van der Waals surface area contributed by atoms with E-state index in [1.807, 2.05) is 38.1 Å². The molecule has 0 aromatic heterocycles. The molecule has 1 heterocycles. The Hall–Kier alpha value is -2.40. The number of hydrogen-bond donors (Lipinski definition) is 0. The monoisotopic (exact) mass is 402 g/mol. The van der Waals surface area contributed by atoms with Crippen molar-refractivity contribution in [3.05, 3.63) is 70.5 Å². The molecule has 148 valence electrons. The second-order valence-corrected chi connectivity index (χ2v) is 7.85. The van der Waals surface area contributed by atoms with Gasteiger partial charge in [-0.25, -0.2) is 4.39 Å². The van der Waals surface area contributed by atoms with E-state index in [0.717, 1.165) is 5.56 Å². The molecule has 2 aromatic carbocycles. The van der Waals surface area contributed by atoms with Crippen LogP contribution in [0.25, 0.3) is 0 Å². The summed E-state index contributed by atoms with van der Waals surface area (Å²) in [7, 11) is 0. The number of oxime groups is 1. The minimum absolute atomic E-state index is 0.0534. The van der Waals surface area contributed by atoms with Crippen molar-refractivity contribution in [3.8, 4) is 0 Å². The average molecular weight is 403 g/mol. The summed E-state index contributed by atoms with van der Waals surface area (Å²) in [5, 5.41) is 4.75. The fourth-order valence-electron chi connectivity index (χ4n) is 3.18. The standard InChI is InChI=1S/C22H24ClFN2O2/c1-15(2)10-22(27)26(13-17-6-3-4-9-20(17)23)14-19-12-21(25-28-19)16-7-5-8-18(24)11-16/h3-9,11,15,19H,10,12-14H2,1-2H3/t19-/m0/s1. The van der Waals surface area contributed by atoms with Crippen LogP contribution in [0.1, 0.15) is 37.8 Å². The van der Waals surface area contributed by atoms with Crippen LogP contribution in [-0.2, 0) is 16.2 Å². The largest absolute Gasteiger partial charge is 0.390 e. The molecule has 0 fully saturated rings. The number of carbonyl (C=O) groups excluding carboxylic acids is 1. The Morgan fingerprint density at radius 3 is 2.79 bits per heavy atom. The van der Waals surface area contributed by atoms with Gasteiger partial charge in [-0.05, 0) is 29.7 Å². The third kappa shape index (κ3) is 5.32. The second-order valence-electron chi connectivity index (χ2n) is 7.44. The highest BCUT2D eigenvalue weighted by Gasteiger charge is 2.27. The number of benzene rings is 2. The van der Waals surface area contributed by atoms with Crippen LogP contribution in [0.15, 0.2) is 53.7 Å². The zero-order valence-corrected chi connectivity index (χ0v) is 16.8. The van der Waals surface area contributed by atoms with Gasteiger partial charge in [-0.2, -0.15) is 0 Å². The topological polar surface area (TPSA) is 41.9 Å². The lowest BCUT2D eigenvalue weighted by Gasteiger charge is -2.26. The van der Waals surface area contributed by atoms with Gasteiger partial charge in [0, 0.05) is 30.0 Å². The Balaban J connectivity index is 1.69. The van der Waals surface area contributed by atoms with E-state index in [-0.39, 0.29) is 23.7 Å². The molecule has 0 aliphatic carbocycles. The van der Waals surface area contributed by atoms with E-state index >= 15 is 0 Å². The maximum atomic E-state index is 13.5. The molecule has 28 heavy (non-hydrogen) atoms. The third-order valence-electron chi connectivity index (χ3n) is 4.57. The summed E-state index contributed by atoms with van der Waals surface area (Å²) in [6, 6.07) is 13.8. The first-order valence-electron chi connectivity index (χ1n) is 9.42. The van der Waals surface area contributed by atoms with Gasteiger partial charge >= 0.3 is 0 Å². The second kappa shape index (κ2) is 9.20. The van der Waals surface area contributed by atoms with Crippen LogP contribution in [-0.4, -0.2) is 29.2 Å². The normalized spacial score (nSPS) is 16.0. The summed E-state index contributed by atoms with van der Waals surface area (Å²) < 4.78 is 13.5. The molecule has 1 atom stereocenters. The Bertz CT molecular complexity index is 869. The Labute approximate surface area is 169 Å². The summed E-state index contributed by atoms with van der Waals surface area (Å²) in [6.07, 6.45) is 0.712. The van der Waals surface area contributed by atoms with Crippen molar-refractivity contribution in [2.75, 3.05) is 6.54 Å². The molecule has 4 nitrogen and oxygen atoms in total. The summed E-state index contributed by atoms with van der Waals surface area (Å²) in [6.45, 7) is 4.85. The smallest absolute Gasteiger partial charge is 0.223 e. The van der Waals surface area contributed by atoms with E-state index < -0.39 is 0 Å². The van der Waals surface area contributed by atoms with Gasteiger partial charge in [0.2, 0.25) is 5.91 Å². The highest BCUT2D eigenvalue weighted by molar-refractivity contribution is 6.31. The van der Waals surface area contributed by atoms with E-state index in [1.165, 1.54) is 12.1 Å². The third-order valence-corrected chi connectivity index (χ3v) is 4.94. The lowest BCUT2D eigenvalue weighted by atomic mass is 10.0. The van der Waals surface area contributed by atoms with E-state index in [1.54, 1.807) is 17.0 Å². The van der Waals surface area contributed by atoms with Gasteiger partial charge in [0.25, 0.3) is 0 Å². The van der Waals surface area contributed by atoms with Crippen LogP contribution in [0.5, 0.6) is 0 Å². The quantitative estimate of drug-likeness (QED) is 0.650. The number of halogens is 2.